The molecule has 0 saturated carbocycles. The minimum absolute atomic E-state index is 0.0717. The maximum atomic E-state index is 12.8. The molecule has 6 heteroatoms. The molecule has 1 amide bonds. The molecule has 1 saturated heterocycles. The van der Waals surface area contributed by atoms with Crippen LogP contribution in [-0.2, 0) is 10.3 Å². The molecule has 138 valence electrons. The highest BCUT2D eigenvalue weighted by Gasteiger charge is 2.37. The van der Waals surface area contributed by atoms with E-state index in [2.05, 4.69) is 34.5 Å². The van der Waals surface area contributed by atoms with E-state index in [4.69, 9.17) is 10.7 Å². The van der Waals surface area contributed by atoms with E-state index in [0.29, 0.717) is 18.9 Å². The van der Waals surface area contributed by atoms with Gasteiger partial charge in [-0.1, -0.05) is 12.5 Å². The molecule has 2 aromatic rings. The predicted molar refractivity (Wildman–Crippen MR) is 107 cm³/mol. The van der Waals surface area contributed by atoms with E-state index in [1.54, 1.807) is 16.2 Å². The fourth-order valence-corrected chi connectivity index (χ4v) is 4.77. The highest BCUT2D eigenvalue weighted by molar-refractivity contribution is 7.17. The topological polar surface area (TPSA) is 61.9 Å². The van der Waals surface area contributed by atoms with E-state index >= 15 is 0 Å². The third kappa shape index (κ3) is 3.35. The molecule has 0 unspecified atom stereocenters. The van der Waals surface area contributed by atoms with E-state index in [1.807, 2.05) is 6.92 Å². The zero-order valence-corrected chi connectivity index (χ0v) is 16.1. The average Bonchev–Trinajstić information content (AvgIpc) is 3.09. The minimum Gasteiger partial charge on any atom is -0.369 e. The van der Waals surface area contributed by atoms with Gasteiger partial charge in [0.2, 0.25) is 5.91 Å². The lowest BCUT2D eigenvalue weighted by Crippen LogP contribution is -2.52. The van der Waals surface area contributed by atoms with Crippen molar-refractivity contribution in [1.29, 1.82) is 0 Å². The van der Waals surface area contributed by atoms with Crippen LogP contribution in [-0.4, -0.2) is 47.8 Å². The Kier molecular flexibility index (Phi) is 4.71. The zero-order chi connectivity index (χ0) is 18.1. The van der Waals surface area contributed by atoms with Crippen LogP contribution < -0.4 is 5.73 Å². The Hall–Kier alpha value is -1.92. The molecule has 3 heterocycles. The van der Waals surface area contributed by atoms with E-state index in [1.165, 1.54) is 29.3 Å². The predicted octanol–water partition coefficient (Wildman–Crippen LogP) is 3.15. The van der Waals surface area contributed by atoms with Crippen molar-refractivity contribution in [3.8, 4) is 0 Å². The number of likely N-dealkylation sites (tertiary alicyclic amines) is 1. The van der Waals surface area contributed by atoms with Gasteiger partial charge in [0.25, 0.3) is 0 Å². The van der Waals surface area contributed by atoms with Crippen molar-refractivity contribution in [3.63, 3.8) is 0 Å². The van der Waals surface area contributed by atoms with Crippen molar-refractivity contribution < 1.29 is 4.79 Å². The van der Waals surface area contributed by atoms with E-state index in [9.17, 15) is 4.79 Å². The van der Waals surface area contributed by atoms with Crippen LogP contribution in [0.25, 0.3) is 10.1 Å². The summed E-state index contributed by atoms with van der Waals surface area (Å²) in [6, 6.07) is 8.43. The first-order valence-electron chi connectivity index (χ1n) is 9.41. The molecule has 0 spiro atoms. The number of thiophene rings is 1. The molecule has 2 aliphatic heterocycles. The summed E-state index contributed by atoms with van der Waals surface area (Å²) in [4.78, 5) is 21.7. The maximum Gasteiger partial charge on any atom is 0.232 e. The highest BCUT2D eigenvalue weighted by Crippen LogP contribution is 2.35. The highest BCUT2D eigenvalue weighted by atomic mass is 32.1. The fraction of sp³-hybridized carbons (Fsp3) is 0.500. The van der Waals surface area contributed by atoms with Crippen LogP contribution in [0.15, 0.2) is 34.6 Å². The molecule has 1 fully saturated rings. The van der Waals surface area contributed by atoms with Crippen LogP contribution in [0.3, 0.4) is 0 Å². The molecule has 0 radical (unpaired) electrons. The van der Waals surface area contributed by atoms with E-state index < -0.39 is 5.54 Å². The normalized spacial score (nSPS) is 24.9. The lowest BCUT2D eigenvalue weighted by atomic mass is 9.87. The second kappa shape index (κ2) is 7.00. The van der Waals surface area contributed by atoms with Gasteiger partial charge in [-0.2, -0.15) is 0 Å². The molecule has 5 nitrogen and oxygen atoms in total. The number of hydrogen-bond donors (Lipinski definition) is 1. The average molecular weight is 371 g/mol. The van der Waals surface area contributed by atoms with Crippen LogP contribution in [0, 0.1) is 0 Å². The molecule has 4 rings (SSSR count). The van der Waals surface area contributed by atoms with Gasteiger partial charge in [-0.05, 0) is 67.4 Å². The Balaban J connectivity index is 1.52. The lowest BCUT2D eigenvalue weighted by molar-refractivity contribution is -0.129. The monoisotopic (exact) mass is 370 g/mol. The molecule has 2 aliphatic rings. The van der Waals surface area contributed by atoms with Gasteiger partial charge in [0.05, 0.1) is 12.0 Å². The summed E-state index contributed by atoms with van der Waals surface area (Å²) in [5.74, 6) is 0.425. The molecular weight excluding hydrogens is 344 g/mol. The fourth-order valence-electron chi connectivity index (χ4n) is 4.00. The summed E-state index contributed by atoms with van der Waals surface area (Å²) in [5.41, 5.74) is 6.70. The second-order valence-electron chi connectivity index (χ2n) is 7.54. The van der Waals surface area contributed by atoms with Gasteiger partial charge in [0.15, 0.2) is 5.96 Å². The molecule has 1 atom stereocenters. The number of guanidine groups is 1. The Labute approximate surface area is 158 Å². The summed E-state index contributed by atoms with van der Waals surface area (Å²) >= 11 is 1.72. The van der Waals surface area contributed by atoms with Gasteiger partial charge < -0.3 is 10.6 Å². The Morgan fingerprint density at radius 3 is 2.77 bits per heavy atom. The number of hydrogen-bond acceptors (Lipinski definition) is 5. The van der Waals surface area contributed by atoms with Gasteiger partial charge in [-0.25, -0.2) is 4.99 Å². The van der Waals surface area contributed by atoms with Gasteiger partial charge in [-0.3, -0.25) is 9.69 Å². The zero-order valence-electron chi connectivity index (χ0n) is 15.3. The number of rotatable bonds is 4. The quantitative estimate of drug-likeness (QED) is 0.899. The first kappa shape index (κ1) is 17.5. The molecule has 1 aromatic carbocycles. The van der Waals surface area contributed by atoms with Crippen molar-refractivity contribution in [2.24, 2.45) is 10.7 Å². The molecule has 0 aliphatic carbocycles. The van der Waals surface area contributed by atoms with Crippen molar-refractivity contribution in [2.75, 3.05) is 26.2 Å². The van der Waals surface area contributed by atoms with Gasteiger partial charge >= 0.3 is 0 Å². The second-order valence-corrected chi connectivity index (χ2v) is 8.49. The number of fused-ring (bicyclic) bond motifs is 1. The van der Waals surface area contributed by atoms with Crippen LogP contribution >= 0.6 is 11.3 Å². The summed E-state index contributed by atoms with van der Waals surface area (Å²) < 4.78 is 1.25. The third-order valence-corrected chi connectivity index (χ3v) is 6.50. The van der Waals surface area contributed by atoms with Crippen molar-refractivity contribution in [1.82, 2.24) is 9.80 Å². The van der Waals surface area contributed by atoms with E-state index in [0.717, 1.165) is 25.2 Å². The van der Waals surface area contributed by atoms with Gasteiger partial charge in [0.1, 0.15) is 0 Å². The number of benzene rings is 1. The number of nitrogens with zero attached hydrogens (tertiary/aromatic N) is 3. The summed E-state index contributed by atoms with van der Waals surface area (Å²) in [6.07, 6.45) is 4.18. The number of nitrogens with two attached hydrogens (primary N) is 1. The first-order chi connectivity index (χ1) is 12.5. The van der Waals surface area contributed by atoms with Crippen molar-refractivity contribution >= 4 is 33.3 Å². The van der Waals surface area contributed by atoms with Gasteiger partial charge in [0, 0.05) is 17.8 Å². The van der Waals surface area contributed by atoms with Crippen molar-refractivity contribution in [3.05, 3.63) is 35.2 Å². The molecular formula is C20H26N4OS. The minimum atomic E-state index is -0.584. The van der Waals surface area contributed by atoms with Crippen LogP contribution in [0.5, 0.6) is 0 Å². The number of carbonyl (C=O) groups excluding carboxylic acids is 1. The van der Waals surface area contributed by atoms with Crippen LogP contribution in [0.4, 0.5) is 0 Å². The Morgan fingerprint density at radius 1 is 1.19 bits per heavy atom. The molecule has 2 N–H and O–H groups in total. The summed E-state index contributed by atoms with van der Waals surface area (Å²) in [7, 11) is 0. The number of amides is 1. The first-order valence-corrected chi connectivity index (χ1v) is 10.3. The summed E-state index contributed by atoms with van der Waals surface area (Å²) in [6.45, 7) is 5.76. The SMILES string of the molecule is C[C@@]1(c2ccc3sccc3c2)CC(=O)N(CCN2CCCCC2)C(N)=N1. The van der Waals surface area contributed by atoms with E-state index in [-0.39, 0.29) is 5.91 Å². The van der Waals surface area contributed by atoms with Crippen LogP contribution in [0.2, 0.25) is 0 Å². The number of carbonyl (C=O) groups is 1. The maximum absolute atomic E-state index is 12.8. The lowest BCUT2D eigenvalue weighted by Gasteiger charge is -2.36. The number of piperidine rings is 1. The van der Waals surface area contributed by atoms with Crippen molar-refractivity contribution in [2.45, 2.75) is 38.1 Å². The molecule has 26 heavy (non-hydrogen) atoms. The Bertz CT molecular complexity index is 839. The smallest absolute Gasteiger partial charge is 0.232 e. The largest absolute Gasteiger partial charge is 0.369 e. The molecule has 0 bridgehead atoms. The Morgan fingerprint density at radius 2 is 2.00 bits per heavy atom. The molecule has 1 aromatic heterocycles. The third-order valence-electron chi connectivity index (χ3n) is 5.60. The summed E-state index contributed by atoms with van der Waals surface area (Å²) in [5, 5.41) is 3.28. The number of aliphatic imine (C=N–C) groups is 1. The standard InChI is InChI=1S/C20H26N4OS/c1-20(16-5-6-17-15(13-16)7-12-26-17)14-18(25)24(19(21)22-20)11-10-23-8-3-2-4-9-23/h5-7,12-13H,2-4,8-11,14H2,1H3,(H2,21,22)/t20-/m0/s1. The van der Waals surface area contributed by atoms with Crippen LogP contribution in [0.1, 0.15) is 38.2 Å². The van der Waals surface area contributed by atoms with Gasteiger partial charge in [-0.15, -0.1) is 11.3 Å².